The lowest BCUT2D eigenvalue weighted by Crippen LogP contribution is -2.03. The molecule has 2 heteroatoms. The van der Waals surface area contributed by atoms with Gasteiger partial charge in [-0.2, -0.15) is 0 Å². The first kappa shape index (κ1) is 11.7. The molecule has 0 aliphatic carbocycles. The van der Waals surface area contributed by atoms with Crippen molar-refractivity contribution in [2.45, 2.75) is 49.2 Å². The van der Waals surface area contributed by atoms with Crippen molar-refractivity contribution in [2.75, 3.05) is 0 Å². The molecule has 2 unspecified atom stereocenters. The van der Waals surface area contributed by atoms with Gasteiger partial charge in [-0.15, -0.1) is 23.5 Å². The Hall–Kier alpha value is 0.700. The monoisotopic (exact) mass is 191 g/mol. The number of hydrogen-bond donors (Lipinski definition) is 0. The molecule has 1 radical (unpaired) electrons. The van der Waals surface area contributed by atoms with Gasteiger partial charge in [0.15, 0.2) is 0 Å². The molecule has 0 N–H and O–H groups in total. The van der Waals surface area contributed by atoms with Crippen molar-refractivity contribution in [2.24, 2.45) is 0 Å². The van der Waals surface area contributed by atoms with Crippen LogP contribution in [0.15, 0.2) is 0 Å². The van der Waals surface area contributed by atoms with Gasteiger partial charge in [0, 0.05) is 10.5 Å². The van der Waals surface area contributed by atoms with E-state index in [2.05, 4.69) is 34.6 Å². The second-order valence-electron chi connectivity index (χ2n) is 2.97. The summed E-state index contributed by atoms with van der Waals surface area (Å²) in [4.78, 5) is 0. The summed E-state index contributed by atoms with van der Waals surface area (Å²) in [7, 11) is 0. The molecule has 0 saturated carbocycles. The van der Waals surface area contributed by atoms with Gasteiger partial charge in [-0.3, -0.25) is 0 Å². The molecule has 0 amide bonds. The zero-order valence-electron chi connectivity index (χ0n) is 7.96. The zero-order chi connectivity index (χ0) is 8.85. The first-order valence-corrected chi connectivity index (χ1v) is 6.08. The van der Waals surface area contributed by atoms with Gasteiger partial charge in [-0.05, 0) is 13.3 Å². The van der Waals surface area contributed by atoms with Crippen LogP contribution in [0.2, 0.25) is 0 Å². The Bertz CT molecular complexity index is 91.6. The Morgan fingerprint density at radius 2 is 1.73 bits per heavy atom. The lowest BCUT2D eigenvalue weighted by atomic mass is 10.4. The Labute approximate surface area is 79.9 Å². The summed E-state index contributed by atoms with van der Waals surface area (Å²) in [5.41, 5.74) is 0. The summed E-state index contributed by atoms with van der Waals surface area (Å²) < 4.78 is 0.505. The fourth-order valence-corrected chi connectivity index (χ4v) is 3.50. The quantitative estimate of drug-likeness (QED) is 0.606. The van der Waals surface area contributed by atoms with Gasteiger partial charge in [0.2, 0.25) is 0 Å². The average Bonchev–Trinajstić information content (AvgIpc) is 1.85. The molecule has 0 spiro atoms. The molecule has 0 fully saturated rings. The van der Waals surface area contributed by atoms with E-state index < -0.39 is 0 Å². The minimum atomic E-state index is 0.505. The maximum absolute atomic E-state index is 4.09. The number of rotatable bonds is 5. The van der Waals surface area contributed by atoms with Crippen LogP contribution in [-0.2, 0) is 0 Å². The molecule has 0 aliphatic heterocycles. The predicted molar refractivity (Wildman–Crippen MR) is 59.2 cm³/mol. The van der Waals surface area contributed by atoms with Gasteiger partial charge in [0.25, 0.3) is 0 Å². The number of hydrogen-bond acceptors (Lipinski definition) is 2. The van der Waals surface area contributed by atoms with E-state index in [1.54, 1.807) is 0 Å². The van der Waals surface area contributed by atoms with Gasteiger partial charge >= 0.3 is 0 Å². The first-order chi connectivity index (χ1) is 5.06. The predicted octanol–water partition coefficient (Wildman–Crippen LogP) is 3.82. The normalized spacial score (nSPS) is 16.9. The second kappa shape index (κ2) is 6.24. The largest absolute Gasteiger partial charge is 0.145 e. The molecule has 0 aromatic carbocycles. The SMILES string of the molecule is [CH2]C(SC(C)C)SC(C)CC. The molecule has 0 heterocycles. The van der Waals surface area contributed by atoms with Gasteiger partial charge in [-0.1, -0.05) is 27.7 Å². The lowest BCUT2D eigenvalue weighted by Gasteiger charge is -2.16. The maximum Gasteiger partial charge on any atom is 0.0508 e. The van der Waals surface area contributed by atoms with E-state index in [1.165, 1.54) is 6.42 Å². The highest BCUT2D eigenvalue weighted by Gasteiger charge is 2.09. The van der Waals surface area contributed by atoms with Crippen LogP contribution in [0, 0.1) is 6.92 Å². The summed E-state index contributed by atoms with van der Waals surface area (Å²) in [6.45, 7) is 13.0. The van der Waals surface area contributed by atoms with Crippen LogP contribution in [0.1, 0.15) is 34.1 Å². The van der Waals surface area contributed by atoms with Crippen molar-refractivity contribution < 1.29 is 0 Å². The molecule has 0 aromatic heterocycles. The fraction of sp³-hybridized carbons (Fsp3) is 0.889. The van der Waals surface area contributed by atoms with E-state index in [9.17, 15) is 0 Å². The lowest BCUT2D eigenvalue weighted by molar-refractivity contribution is 0.906. The van der Waals surface area contributed by atoms with Crippen molar-refractivity contribution in [1.29, 1.82) is 0 Å². The van der Waals surface area contributed by atoms with Crippen molar-refractivity contribution >= 4 is 23.5 Å². The molecule has 67 valence electrons. The third-order valence-corrected chi connectivity index (χ3v) is 4.00. The summed E-state index contributed by atoms with van der Waals surface area (Å²) in [6, 6.07) is 0. The third-order valence-electron chi connectivity index (χ3n) is 1.38. The molecule has 0 aromatic rings. The highest BCUT2D eigenvalue weighted by Crippen LogP contribution is 2.30. The highest BCUT2D eigenvalue weighted by molar-refractivity contribution is 8.17. The van der Waals surface area contributed by atoms with Gasteiger partial charge < -0.3 is 0 Å². The standard InChI is InChI=1S/C9H19S2/c1-6-8(4)11-9(5)10-7(2)3/h7-9H,5-6H2,1-4H3. The molecule has 0 bridgehead atoms. The van der Waals surface area contributed by atoms with Crippen molar-refractivity contribution in [1.82, 2.24) is 0 Å². The minimum Gasteiger partial charge on any atom is -0.145 e. The Morgan fingerprint density at radius 1 is 1.18 bits per heavy atom. The zero-order valence-corrected chi connectivity index (χ0v) is 9.60. The van der Waals surface area contributed by atoms with Gasteiger partial charge in [0.1, 0.15) is 0 Å². The third kappa shape index (κ3) is 7.07. The highest BCUT2D eigenvalue weighted by atomic mass is 32.2. The van der Waals surface area contributed by atoms with Gasteiger partial charge in [-0.25, -0.2) is 0 Å². The van der Waals surface area contributed by atoms with Crippen LogP contribution >= 0.6 is 23.5 Å². The van der Waals surface area contributed by atoms with Crippen LogP contribution in [0.4, 0.5) is 0 Å². The molecule has 0 rings (SSSR count). The average molecular weight is 191 g/mol. The summed E-state index contributed by atoms with van der Waals surface area (Å²) >= 11 is 3.93. The molecule has 11 heavy (non-hydrogen) atoms. The van der Waals surface area contributed by atoms with Crippen molar-refractivity contribution in [3.05, 3.63) is 6.92 Å². The summed E-state index contributed by atoms with van der Waals surface area (Å²) in [6.07, 6.45) is 1.25. The molecular weight excluding hydrogens is 172 g/mol. The fourth-order valence-electron chi connectivity index (χ4n) is 0.691. The number of thioether (sulfide) groups is 2. The van der Waals surface area contributed by atoms with E-state index in [1.807, 2.05) is 23.5 Å². The van der Waals surface area contributed by atoms with E-state index in [0.29, 0.717) is 9.83 Å². The van der Waals surface area contributed by atoms with Crippen molar-refractivity contribution in [3.63, 3.8) is 0 Å². The Morgan fingerprint density at radius 3 is 2.09 bits per heavy atom. The van der Waals surface area contributed by atoms with Crippen LogP contribution in [-0.4, -0.2) is 15.1 Å². The smallest absolute Gasteiger partial charge is 0.0508 e. The molecule has 0 aliphatic rings. The Kier molecular flexibility index (Phi) is 6.64. The molecule has 2 atom stereocenters. The minimum absolute atomic E-state index is 0.505. The van der Waals surface area contributed by atoms with Crippen molar-refractivity contribution in [3.8, 4) is 0 Å². The van der Waals surface area contributed by atoms with E-state index in [4.69, 9.17) is 0 Å². The van der Waals surface area contributed by atoms with E-state index in [-0.39, 0.29) is 0 Å². The topological polar surface area (TPSA) is 0 Å². The van der Waals surface area contributed by atoms with Crippen LogP contribution in [0.5, 0.6) is 0 Å². The van der Waals surface area contributed by atoms with Crippen LogP contribution in [0.25, 0.3) is 0 Å². The second-order valence-corrected chi connectivity index (χ2v) is 6.70. The first-order valence-electron chi connectivity index (χ1n) is 4.20. The van der Waals surface area contributed by atoms with Crippen LogP contribution in [0.3, 0.4) is 0 Å². The van der Waals surface area contributed by atoms with Gasteiger partial charge in [0.05, 0.1) is 4.58 Å². The summed E-state index contributed by atoms with van der Waals surface area (Å²) in [5.74, 6) is 0. The molecular formula is C9H19S2. The molecule has 0 saturated heterocycles. The van der Waals surface area contributed by atoms with Crippen LogP contribution < -0.4 is 0 Å². The van der Waals surface area contributed by atoms with E-state index in [0.717, 1.165) is 5.25 Å². The summed E-state index contributed by atoms with van der Waals surface area (Å²) in [5, 5.41) is 1.46. The maximum atomic E-state index is 4.09. The van der Waals surface area contributed by atoms with E-state index >= 15 is 0 Å². The molecule has 0 nitrogen and oxygen atoms in total. The Balaban J connectivity index is 3.43.